The number of alkyl halides is 3. The van der Waals surface area contributed by atoms with Gasteiger partial charge in [-0.3, -0.25) is 28.0 Å². The highest BCUT2D eigenvalue weighted by Gasteiger charge is 2.30. The van der Waals surface area contributed by atoms with Crippen molar-refractivity contribution in [3.8, 4) is 11.4 Å². The fourth-order valence-corrected chi connectivity index (χ4v) is 4.64. The zero-order valence-corrected chi connectivity index (χ0v) is 24.5. The van der Waals surface area contributed by atoms with Gasteiger partial charge in [0.25, 0.3) is 5.56 Å². The molecule has 232 valence electrons. The summed E-state index contributed by atoms with van der Waals surface area (Å²) in [6.07, 6.45) is -0.862. The molecule has 1 amide bonds. The third-order valence-corrected chi connectivity index (χ3v) is 6.70. The highest BCUT2D eigenvalue weighted by Crippen LogP contribution is 2.30. The molecule has 12 nitrogen and oxygen atoms in total. The van der Waals surface area contributed by atoms with Gasteiger partial charge < -0.3 is 15.0 Å². The molecule has 0 fully saturated rings. The summed E-state index contributed by atoms with van der Waals surface area (Å²) in [7, 11) is 3.77. The normalized spacial score (nSPS) is 12.0. The van der Waals surface area contributed by atoms with Crippen LogP contribution >= 0.6 is 0 Å². The molecule has 0 aliphatic carbocycles. The Morgan fingerprint density at radius 1 is 1.12 bits per heavy atom. The molecule has 0 bridgehead atoms. The molecule has 43 heavy (non-hydrogen) atoms. The zero-order valence-electron chi connectivity index (χ0n) is 24.5. The van der Waals surface area contributed by atoms with Gasteiger partial charge in [-0.15, -0.1) is 0 Å². The van der Waals surface area contributed by atoms with Gasteiger partial charge in [-0.25, -0.2) is 9.78 Å². The minimum Gasteiger partial charge on any atom is -0.353 e. The van der Waals surface area contributed by atoms with E-state index >= 15 is 0 Å². The molecular weight excluding hydrogens is 569 g/mol. The average molecular weight is 605 g/mol. The summed E-state index contributed by atoms with van der Waals surface area (Å²) in [6.45, 7) is 4.71. The molecule has 4 aromatic rings. The van der Waals surface area contributed by atoms with Gasteiger partial charge in [0, 0.05) is 32.4 Å². The number of amides is 1. The van der Waals surface area contributed by atoms with Crippen LogP contribution < -0.4 is 16.6 Å². The number of carbonyl (C=O) groups is 1. The summed E-state index contributed by atoms with van der Waals surface area (Å²) >= 11 is 0. The van der Waals surface area contributed by atoms with Gasteiger partial charge in [0.1, 0.15) is 19.2 Å². The molecule has 4 rings (SSSR count). The van der Waals surface area contributed by atoms with E-state index in [1.807, 2.05) is 25.9 Å². The summed E-state index contributed by atoms with van der Waals surface area (Å²) in [5.41, 5.74) is -0.668. The highest BCUT2D eigenvalue weighted by atomic mass is 19.4. The Bertz CT molecular complexity index is 1700. The molecule has 0 aliphatic heterocycles. The summed E-state index contributed by atoms with van der Waals surface area (Å²) in [6, 6.07) is 4.96. The lowest BCUT2D eigenvalue weighted by Crippen LogP contribution is -2.40. The van der Waals surface area contributed by atoms with Crippen molar-refractivity contribution in [3.63, 3.8) is 0 Å². The second-order valence-corrected chi connectivity index (χ2v) is 10.3. The summed E-state index contributed by atoms with van der Waals surface area (Å²) in [5, 5.41) is 7.05. The quantitative estimate of drug-likeness (QED) is 0.249. The SMILES string of the molecule is CCCn1c(=O)c2c(nc(-c3cnn(Cc4cccc(C(F)(F)F)c4)c3)n2COCC(=O)NCCN(C)C)n(CC)c1=O. The van der Waals surface area contributed by atoms with E-state index in [1.165, 1.54) is 26.1 Å². The van der Waals surface area contributed by atoms with Crippen LogP contribution in [0.4, 0.5) is 13.2 Å². The Hall–Kier alpha value is -4.24. The number of nitrogens with zero attached hydrogens (tertiary/aromatic N) is 7. The van der Waals surface area contributed by atoms with Crippen molar-refractivity contribution in [1.82, 2.24) is 38.7 Å². The van der Waals surface area contributed by atoms with Crippen LogP contribution in [-0.4, -0.2) is 73.1 Å². The first kappa shape index (κ1) is 31.7. The fraction of sp³-hybridized carbons (Fsp3) is 0.464. The Morgan fingerprint density at radius 3 is 2.56 bits per heavy atom. The number of rotatable bonds is 13. The van der Waals surface area contributed by atoms with Gasteiger partial charge in [-0.2, -0.15) is 18.3 Å². The first-order valence-corrected chi connectivity index (χ1v) is 13.9. The predicted octanol–water partition coefficient (Wildman–Crippen LogP) is 2.37. The number of likely N-dealkylation sites (N-methyl/N-ethyl adjacent to an activating group) is 1. The summed E-state index contributed by atoms with van der Waals surface area (Å²) in [4.78, 5) is 45.6. The topological polar surface area (TPSA) is 121 Å². The number of fused-ring (bicyclic) bond motifs is 1. The lowest BCUT2D eigenvalue weighted by atomic mass is 10.1. The maximum Gasteiger partial charge on any atom is 0.416 e. The number of ether oxygens (including phenoxy) is 1. The second-order valence-electron chi connectivity index (χ2n) is 10.3. The van der Waals surface area contributed by atoms with Gasteiger partial charge in [-0.1, -0.05) is 19.1 Å². The Kier molecular flexibility index (Phi) is 9.86. The Balaban J connectivity index is 1.72. The minimum atomic E-state index is -4.47. The van der Waals surface area contributed by atoms with E-state index in [2.05, 4.69) is 15.4 Å². The van der Waals surface area contributed by atoms with E-state index in [0.717, 1.165) is 16.7 Å². The monoisotopic (exact) mass is 604 g/mol. The predicted molar refractivity (Wildman–Crippen MR) is 154 cm³/mol. The number of hydrogen-bond donors (Lipinski definition) is 1. The zero-order chi connectivity index (χ0) is 31.3. The largest absolute Gasteiger partial charge is 0.416 e. The number of aromatic nitrogens is 6. The standard InChI is InChI=1S/C28H35F3N8O4/c1-5-11-38-26(41)23-25(37(6-2)27(38)42)34-24(39(23)18-43-17-22(40)32-10-12-35(3)4)20-14-33-36(16-20)15-19-8-7-9-21(13-19)28(29,30)31/h7-9,13-14,16H,5-6,10-12,15,17-18H2,1-4H3,(H,32,40). The first-order valence-electron chi connectivity index (χ1n) is 13.9. The highest BCUT2D eigenvalue weighted by molar-refractivity contribution is 5.78. The minimum absolute atomic E-state index is 0.0523. The second kappa shape index (κ2) is 13.4. The van der Waals surface area contributed by atoms with Crippen LogP contribution in [0, 0.1) is 0 Å². The molecule has 0 unspecified atom stereocenters. The van der Waals surface area contributed by atoms with E-state index in [9.17, 15) is 27.6 Å². The number of imidazole rings is 1. The molecule has 15 heteroatoms. The molecule has 0 aliphatic rings. The van der Waals surface area contributed by atoms with Gasteiger partial charge in [0.05, 0.1) is 23.9 Å². The Morgan fingerprint density at radius 2 is 1.88 bits per heavy atom. The van der Waals surface area contributed by atoms with Crippen LogP contribution in [0.15, 0.2) is 46.2 Å². The summed E-state index contributed by atoms with van der Waals surface area (Å²) < 4.78 is 50.8. The maximum atomic E-state index is 13.6. The Labute approximate surface area is 245 Å². The molecule has 0 spiro atoms. The number of halogens is 3. The van der Waals surface area contributed by atoms with E-state index in [1.54, 1.807) is 19.2 Å². The number of hydrogen-bond acceptors (Lipinski definition) is 7. The molecule has 0 saturated carbocycles. The van der Waals surface area contributed by atoms with Gasteiger partial charge >= 0.3 is 11.9 Å². The van der Waals surface area contributed by atoms with Crippen LogP contribution in [0.1, 0.15) is 31.4 Å². The van der Waals surface area contributed by atoms with Crippen molar-refractivity contribution in [2.75, 3.05) is 33.8 Å². The van der Waals surface area contributed by atoms with Crippen molar-refractivity contribution < 1.29 is 22.7 Å². The molecule has 0 atom stereocenters. The van der Waals surface area contributed by atoms with Crippen LogP contribution in [0.2, 0.25) is 0 Å². The third-order valence-electron chi connectivity index (χ3n) is 6.70. The molecule has 0 saturated heterocycles. The van der Waals surface area contributed by atoms with Gasteiger partial charge in [-0.05, 0) is 45.1 Å². The van der Waals surface area contributed by atoms with E-state index < -0.39 is 23.0 Å². The van der Waals surface area contributed by atoms with Crippen LogP contribution in [0.5, 0.6) is 0 Å². The lowest BCUT2D eigenvalue weighted by Gasteiger charge is -2.13. The van der Waals surface area contributed by atoms with Crippen LogP contribution in [0.3, 0.4) is 0 Å². The van der Waals surface area contributed by atoms with Crippen molar-refractivity contribution in [2.24, 2.45) is 0 Å². The molecule has 3 aromatic heterocycles. The molecule has 1 N–H and O–H groups in total. The average Bonchev–Trinajstić information content (AvgIpc) is 3.55. The van der Waals surface area contributed by atoms with Crippen LogP contribution in [0.25, 0.3) is 22.6 Å². The number of benzene rings is 1. The number of aryl methyl sites for hydroxylation is 1. The number of nitrogens with one attached hydrogen (secondary N) is 1. The van der Waals surface area contributed by atoms with Crippen molar-refractivity contribution >= 4 is 17.1 Å². The smallest absolute Gasteiger partial charge is 0.353 e. The van der Waals surface area contributed by atoms with Crippen molar-refractivity contribution in [1.29, 1.82) is 0 Å². The molecule has 3 heterocycles. The third kappa shape index (κ3) is 7.22. The lowest BCUT2D eigenvalue weighted by molar-refractivity contribution is -0.137. The number of carbonyl (C=O) groups excluding carboxylic acids is 1. The van der Waals surface area contributed by atoms with Gasteiger partial charge in [0.2, 0.25) is 5.91 Å². The van der Waals surface area contributed by atoms with Crippen LogP contribution in [-0.2, 0) is 42.1 Å². The summed E-state index contributed by atoms with van der Waals surface area (Å²) in [5.74, 6) is -0.0816. The van der Waals surface area contributed by atoms with Crippen molar-refractivity contribution in [3.05, 3.63) is 68.6 Å². The first-order chi connectivity index (χ1) is 20.4. The van der Waals surface area contributed by atoms with E-state index in [0.29, 0.717) is 30.6 Å². The van der Waals surface area contributed by atoms with E-state index in [-0.39, 0.29) is 55.9 Å². The maximum absolute atomic E-state index is 13.6. The van der Waals surface area contributed by atoms with E-state index in [4.69, 9.17) is 4.74 Å². The molecule has 0 radical (unpaired) electrons. The molecule has 1 aromatic carbocycles. The van der Waals surface area contributed by atoms with Gasteiger partial charge in [0.15, 0.2) is 11.2 Å². The van der Waals surface area contributed by atoms with Crippen molar-refractivity contribution in [2.45, 2.75) is 52.8 Å². The fourth-order valence-electron chi connectivity index (χ4n) is 4.64. The molecular formula is C28H35F3N8O4.